The van der Waals surface area contributed by atoms with Crippen molar-refractivity contribution in [1.29, 1.82) is 0 Å². The molecule has 1 aliphatic rings. The van der Waals surface area contributed by atoms with E-state index in [4.69, 9.17) is 21.1 Å². The standard InChI is InChI=1S/C19H13ClN2O4S/c20-14-7-11(8-15-17(14)26-10-25-15)18(23)21-12-3-1-4-13(9-12)22-19(24)16-5-2-6-27-16/h1-9H,10H2,(H,21,23)(H,22,24). The summed E-state index contributed by atoms with van der Waals surface area (Å²) in [7, 11) is 0. The second kappa shape index (κ2) is 7.30. The molecule has 2 aromatic carbocycles. The van der Waals surface area contributed by atoms with Crippen molar-refractivity contribution < 1.29 is 19.1 Å². The van der Waals surface area contributed by atoms with E-state index in [2.05, 4.69) is 10.6 Å². The van der Waals surface area contributed by atoms with Crippen LogP contribution in [-0.2, 0) is 0 Å². The molecule has 0 aliphatic carbocycles. The second-order valence-corrected chi connectivity index (χ2v) is 7.01. The van der Waals surface area contributed by atoms with E-state index < -0.39 is 0 Å². The lowest BCUT2D eigenvalue weighted by Crippen LogP contribution is -2.13. The molecule has 0 spiro atoms. The van der Waals surface area contributed by atoms with Crippen LogP contribution < -0.4 is 20.1 Å². The predicted octanol–water partition coefficient (Wildman–Crippen LogP) is 4.63. The minimum absolute atomic E-state index is 0.0755. The Morgan fingerprint density at radius 3 is 2.48 bits per heavy atom. The number of amides is 2. The zero-order valence-electron chi connectivity index (χ0n) is 13.8. The summed E-state index contributed by atoms with van der Waals surface area (Å²) < 4.78 is 10.5. The molecule has 1 aromatic heterocycles. The number of halogens is 1. The van der Waals surface area contributed by atoms with E-state index in [-0.39, 0.29) is 18.6 Å². The van der Waals surface area contributed by atoms with Gasteiger partial charge in [-0.3, -0.25) is 9.59 Å². The Morgan fingerprint density at radius 2 is 1.74 bits per heavy atom. The predicted molar refractivity (Wildman–Crippen MR) is 104 cm³/mol. The average Bonchev–Trinajstić information content (AvgIpc) is 3.34. The highest BCUT2D eigenvalue weighted by Gasteiger charge is 2.20. The molecule has 0 unspecified atom stereocenters. The first kappa shape index (κ1) is 17.4. The zero-order chi connectivity index (χ0) is 18.8. The summed E-state index contributed by atoms with van der Waals surface area (Å²) in [6, 6.07) is 13.6. The van der Waals surface area contributed by atoms with Gasteiger partial charge in [-0.2, -0.15) is 0 Å². The van der Waals surface area contributed by atoms with Crippen molar-refractivity contribution >= 4 is 46.1 Å². The molecule has 0 fully saturated rings. The van der Waals surface area contributed by atoms with Crippen LogP contribution in [0.5, 0.6) is 11.5 Å². The van der Waals surface area contributed by atoms with Crippen molar-refractivity contribution in [2.45, 2.75) is 0 Å². The number of fused-ring (bicyclic) bond motifs is 1. The lowest BCUT2D eigenvalue weighted by molar-refractivity contribution is 0.102. The van der Waals surface area contributed by atoms with E-state index in [1.165, 1.54) is 17.4 Å². The molecule has 0 atom stereocenters. The third kappa shape index (κ3) is 3.74. The van der Waals surface area contributed by atoms with E-state index >= 15 is 0 Å². The number of nitrogens with one attached hydrogen (secondary N) is 2. The van der Waals surface area contributed by atoms with E-state index in [1.54, 1.807) is 36.4 Å². The van der Waals surface area contributed by atoms with Crippen LogP contribution in [0.2, 0.25) is 5.02 Å². The first-order chi connectivity index (χ1) is 13.1. The largest absolute Gasteiger partial charge is 0.454 e. The molecule has 8 heteroatoms. The number of anilines is 2. The second-order valence-electron chi connectivity index (χ2n) is 5.66. The minimum Gasteiger partial charge on any atom is -0.454 e. The maximum atomic E-state index is 12.5. The van der Waals surface area contributed by atoms with Crippen LogP contribution in [0.1, 0.15) is 20.0 Å². The fourth-order valence-electron chi connectivity index (χ4n) is 2.58. The molecular formula is C19H13ClN2O4S. The van der Waals surface area contributed by atoms with Gasteiger partial charge < -0.3 is 20.1 Å². The highest BCUT2D eigenvalue weighted by molar-refractivity contribution is 7.12. The number of thiophene rings is 1. The van der Waals surface area contributed by atoms with Crippen molar-refractivity contribution in [3.63, 3.8) is 0 Å². The minimum atomic E-state index is -0.350. The molecule has 4 rings (SSSR count). The van der Waals surface area contributed by atoms with Crippen molar-refractivity contribution in [3.8, 4) is 11.5 Å². The van der Waals surface area contributed by atoms with Gasteiger partial charge in [0.15, 0.2) is 11.5 Å². The Hall–Kier alpha value is -3.03. The smallest absolute Gasteiger partial charge is 0.265 e. The van der Waals surface area contributed by atoms with Gasteiger partial charge in [0.1, 0.15) is 0 Å². The van der Waals surface area contributed by atoms with Crippen LogP contribution in [0.3, 0.4) is 0 Å². The Kier molecular flexibility index (Phi) is 4.70. The third-order valence-corrected chi connectivity index (χ3v) is 4.96. The molecule has 0 radical (unpaired) electrons. The van der Waals surface area contributed by atoms with Crippen molar-refractivity contribution in [3.05, 3.63) is 69.4 Å². The lowest BCUT2D eigenvalue weighted by Gasteiger charge is -2.09. The van der Waals surface area contributed by atoms with Crippen LogP contribution in [-0.4, -0.2) is 18.6 Å². The van der Waals surface area contributed by atoms with E-state index in [1.807, 2.05) is 11.4 Å². The van der Waals surface area contributed by atoms with E-state index in [9.17, 15) is 9.59 Å². The molecule has 0 saturated heterocycles. The zero-order valence-corrected chi connectivity index (χ0v) is 15.4. The topological polar surface area (TPSA) is 76.7 Å². The maximum Gasteiger partial charge on any atom is 0.265 e. The number of hydrogen-bond acceptors (Lipinski definition) is 5. The first-order valence-electron chi connectivity index (χ1n) is 7.95. The van der Waals surface area contributed by atoms with E-state index in [0.717, 1.165) is 0 Å². The molecule has 27 heavy (non-hydrogen) atoms. The summed E-state index contributed by atoms with van der Waals surface area (Å²) >= 11 is 7.48. The number of hydrogen-bond donors (Lipinski definition) is 2. The molecule has 2 amide bonds. The normalized spacial score (nSPS) is 11.9. The number of rotatable bonds is 4. The Labute approximate surface area is 163 Å². The van der Waals surface area contributed by atoms with Gasteiger partial charge in [-0.1, -0.05) is 23.7 Å². The van der Waals surface area contributed by atoms with Crippen molar-refractivity contribution in [1.82, 2.24) is 0 Å². The molecular weight excluding hydrogens is 388 g/mol. The number of carbonyl (C=O) groups excluding carboxylic acids is 2. The Balaban J connectivity index is 1.49. The van der Waals surface area contributed by atoms with Crippen LogP contribution in [0.4, 0.5) is 11.4 Å². The third-order valence-electron chi connectivity index (χ3n) is 3.81. The van der Waals surface area contributed by atoms with Gasteiger partial charge in [-0.05, 0) is 41.8 Å². The molecule has 0 bridgehead atoms. The monoisotopic (exact) mass is 400 g/mol. The SMILES string of the molecule is O=C(Nc1cccc(NC(=O)c2cccs2)c1)c1cc(Cl)c2c(c1)OCO2. The van der Waals surface area contributed by atoms with Crippen molar-refractivity contribution in [2.24, 2.45) is 0 Å². The van der Waals surface area contributed by atoms with Gasteiger partial charge in [0.25, 0.3) is 11.8 Å². The highest BCUT2D eigenvalue weighted by atomic mass is 35.5. The maximum absolute atomic E-state index is 12.5. The van der Waals surface area contributed by atoms with Gasteiger partial charge in [0.05, 0.1) is 9.90 Å². The molecule has 6 nitrogen and oxygen atoms in total. The first-order valence-corrected chi connectivity index (χ1v) is 9.21. The molecule has 2 N–H and O–H groups in total. The lowest BCUT2D eigenvalue weighted by atomic mass is 10.1. The summed E-state index contributed by atoms with van der Waals surface area (Å²) in [5.74, 6) is 0.323. The van der Waals surface area contributed by atoms with Crippen molar-refractivity contribution in [2.75, 3.05) is 17.4 Å². The molecule has 136 valence electrons. The van der Waals surface area contributed by atoms with E-state index in [0.29, 0.717) is 38.3 Å². The highest BCUT2D eigenvalue weighted by Crippen LogP contribution is 2.39. The average molecular weight is 401 g/mol. The van der Waals surface area contributed by atoms with Gasteiger partial charge in [-0.25, -0.2) is 0 Å². The fourth-order valence-corrected chi connectivity index (χ4v) is 3.46. The number of ether oxygens (including phenoxy) is 2. The molecule has 3 aromatic rings. The quantitative estimate of drug-likeness (QED) is 0.669. The molecule has 1 aliphatic heterocycles. The summed E-state index contributed by atoms with van der Waals surface area (Å²) in [5.41, 5.74) is 1.46. The van der Waals surface area contributed by atoms with Crippen LogP contribution in [0, 0.1) is 0 Å². The summed E-state index contributed by atoms with van der Waals surface area (Å²) in [4.78, 5) is 25.3. The number of benzene rings is 2. The summed E-state index contributed by atoms with van der Waals surface area (Å²) in [6.45, 7) is 0.0755. The van der Waals surface area contributed by atoms with Crippen LogP contribution >= 0.6 is 22.9 Å². The molecule has 0 saturated carbocycles. The summed E-state index contributed by atoms with van der Waals surface area (Å²) in [5, 5.41) is 7.73. The summed E-state index contributed by atoms with van der Waals surface area (Å²) in [6.07, 6.45) is 0. The van der Waals surface area contributed by atoms with Gasteiger partial charge in [-0.15, -0.1) is 11.3 Å². The van der Waals surface area contributed by atoms with Crippen LogP contribution in [0.15, 0.2) is 53.9 Å². The fraction of sp³-hybridized carbons (Fsp3) is 0.0526. The van der Waals surface area contributed by atoms with Gasteiger partial charge >= 0.3 is 0 Å². The molecule has 2 heterocycles. The van der Waals surface area contributed by atoms with Crippen LogP contribution in [0.25, 0.3) is 0 Å². The number of carbonyl (C=O) groups is 2. The Morgan fingerprint density at radius 1 is 0.963 bits per heavy atom. The van der Waals surface area contributed by atoms with Gasteiger partial charge in [0.2, 0.25) is 6.79 Å². The Bertz CT molecular complexity index is 1020. The van der Waals surface area contributed by atoms with Gasteiger partial charge in [0, 0.05) is 16.9 Å².